The summed E-state index contributed by atoms with van der Waals surface area (Å²) in [6.07, 6.45) is 0.883. The lowest BCUT2D eigenvalue weighted by Crippen LogP contribution is -2.43. The third-order valence-electron chi connectivity index (χ3n) is 3.64. The second kappa shape index (κ2) is 5.17. The smallest absolute Gasteiger partial charge is 0.108 e. The Morgan fingerprint density at radius 3 is 2.35 bits per heavy atom. The van der Waals surface area contributed by atoms with E-state index in [0.717, 1.165) is 18.4 Å². The molecule has 1 aromatic rings. The van der Waals surface area contributed by atoms with E-state index in [-0.39, 0.29) is 0 Å². The van der Waals surface area contributed by atoms with Gasteiger partial charge in [0.1, 0.15) is 11.7 Å². The lowest BCUT2D eigenvalue weighted by molar-refractivity contribution is -0.154. The monoisotopic (exact) mass is 236 g/mol. The predicted molar refractivity (Wildman–Crippen MR) is 65.9 cm³/mol. The number of aryl methyl sites for hydroxylation is 1. The molecule has 0 saturated carbocycles. The molecule has 1 aliphatic heterocycles. The van der Waals surface area contributed by atoms with Crippen molar-refractivity contribution in [3.05, 3.63) is 35.4 Å². The second-order valence-corrected chi connectivity index (χ2v) is 4.69. The molecule has 0 amide bonds. The van der Waals surface area contributed by atoms with Gasteiger partial charge in [-0.2, -0.15) is 0 Å². The van der Waals surface area contributed by atoms with Crippen molar-refractivity contribution in [3.63, 3.8) is 0 Å². The van der Waals surface area contributed by atoms with Crippen LogP contribution in [0.15, 0.2) is 24.3 Å². The van der Waals surface area contributed by atoms with Gasteiger partial charge in [0.05, 0.1) is 0 Å². The van der Waals surface area contributed by atoms with E-state index in [4.69, 9.17) is 9.47 Å². The average molecular weight is 236 g/mol. The Hall–Kier alpha value is -0.900. The summed E-state index contributed by atoms with van der Waals surface area (Å²) in [6.45, 7) is 3.34. The van der Waals surface area contributed by atoms with Crippen LogP contribution in [0.1, 0.15) is 30.1 Å². The molecule has 3 nitrogen and oxygen atoms in total. The SMILES string of the molecule is COC1(C(O)c2ccc(C)cc2)CCOCC1. The summed E-state index contributed by atoms with van der Waals surface area (Å²) in [5.74, 6) is 0. The Morgan fingerprint density at radius 2 is 1.82 bits per heavy atom. The van der Waals surface area contributed by atoms with Gasteiger partial charge in [0.2, 0.25) is 0 Å². The molecule has 0 radical (unpaired) electrons. The first-order chi connectivity index (χ1) is 8.18. The summed E-state index contributed by atoms with van der Waals surface area (Å²) in [5.41, 5.74) is 1.62. The Kier molecular flexibility index (Phi) is 3.82. The molecular formula is C14H20O3. The minimum absolute atomic E-state index is 0.493. The lowest BCUT2D eigenvalue weighted by Gasteiger charge is -2.39. The van der Waals surface area contributed by atoms with E-state index in [1.165, 1.54) is 5.56 Å². The van der Waals surface area contributed by atoms with Crippen molar-refractivity contribution in [2.45, 2.75) is 31.5 Å². The van der Waals surface area contributed by atoms with Crippen molar-refractivity contribution in [2.75, 3.05) is 20.3 Å². The zero-order valence-corrected chi connectivity index (χ0v) is 10.5. The van der Waals surface area contributed by atoms with Crippen LogP contribution >= 0.6 is 0 Å². The fourth-order valence-electron chi connectivity index (χ4n) is 2.36. The quantitative estimate of drug-likeness (QED) is 0.874. The van der Waals surface area contributed by atoms with E-state index in [0.29, 0.717) is 13.2 Å². The highest BCUT2D eigenvalue weighted by Crippen LogP contribution is 2.37. The summed E-state index contributed by atoms with van der Waals surface area (Å²) in [4.78, 5) is 0. The van der Waals surface area contributed by atoms with E-state index >= 15 is 0 Å². The van der Waals surface area contributed by atoms with Crippen LogP contribution in [0.4, 0.5) is 0 Å². The Morgan fingerprint density at radius 1 is 1.24 bits per heavy atom. The second-order valence-electron chi connectivity index (χ2n) is 4.69. The summed E-state index contributed by atoms with van der Waals surface area (Å²) < 4.78 is 10.9. The number of rotatable bonds is 3. The number of aliphatic hydroxyl groups is 1. The maximum absolute atomic E-state index is 10.5. The summed E-state index contributed by atoms with van der Waals surface area (Å²) >= 11 is 0. The normalized spacial score (nSPS) is 21.1. The molecule has 1 fully saturated rings. The van der Waals surface area contributed by atoms with Gasteiger partial charge in [0, 0.05) is 33.2 Å². The molecule has 1 saturated heterocycles. The lowest BCUT2D eigenvalue weighted by atomic mass is 9.84. The van der Waals surface area contributed by atoms with Gasteiger partial charge in [-0.1, -0.05) is 29.8 Å². The molecule has 1 unspecified atom stereocenters. The molecule has 1 aromatic carbocycles. The third kappa shape index (κ3) is 2.51. The highest BCUT2D eigenvalue weighted by molar-refractivity contribution is 5.25. The minimum Gasteiger partial charge on any atom is -0.385 e. The first-order valence-corrected chi connectivity index (χ1v) is 6.05. The van der Waals surface area contributed by atoms with Crippen molar-refractivity contribution >= 4 is 0 Å². The van der Waals surface area contributed by atoms with Gasteiger partial charge < -0.3 is 14.6 Å². The van der Waals surface area contributed by atoms with E-state index in [2.05, 4.69) is 0 Å². The number of benzene rings is 1. The molecule has 0 bridgehead atoms. The summed E-state index contributed by atoms with van der Waals surface area (Å²) in [6, 6.07) is 7.97. The molecular weight excluding hydrogens is 216 g/mol. The topological polar surface area (TPSA) is 38.7 Å². The molecule has 1 atom stereocenters. The van der Waals surface area contributed by atoms with E-state index in [9.17, 15) is 5.11 Å². The van der Waals surface area contributed by atoms with Gasteiger partial charge in [-0.3, -0.25) is 0 Å². The minimum atomic E-state index is -0.586. The maximum atomic E-state index is 10.5. The number of ether oxygens (including phenoxy) is 2. The van der Waals surface area contributed by atoms with Gasteiger partial charge in [0.15, 0.2) is 0 Å². The molecule has 2 rings (SSSR count). The Balaban J connectivity index is 2.21. The first kappa shape index (κ1) is 12.6. The standard InChI is InChI=1S/C14H20O3/c1-11-3-5-12(6-4-11)13(15)14(16-2)7-9-17-10-8-14/h3-6,13,15H,7-10H2,1-2H3. The average Bonchev–Trinajstić information content (AvgIpc) is 2.39. The Labute approximate surface area is 102 Å². The van der Waals surface area contributed by atoms with Crippen LogP contribution in [-0.4, -0.2) is 31.0 Å². The fraction of sp³-hybridized carbons (Fsp3) is 0.571. The molecule has 3 heteroatoms. The van der Waals surface area contributed by atoms with Gasteiger partial charge in [-0.25, -0.2) is 0 Å². The van der Waals surface area contributed by atoms with E-state index in [1.54, 1.807) is 7.11 Å². The molecule has 1 aliphatic rings. The van der Waals surface area contributed by atoms with Crippen LogP contribution < -0.4 is 0 Å². The summed E-state index contributed by atoms with van der Waals surface area (Å²) in [5, 5.41) is 10.5. The maximum Gasteiger partial charge on any atom is 0.108 e. The van der Waals surface area contributed by atoms with Crippen molar-refractivity contribution in [3.8, 4) is 0 Å². The molecule has 17 heavy (non-hydrogen) atoms. The number of hydrogen-bond donors (Lipinski definition) is 1. The largest absolute Gasteiger partial charge is 0.385 e. The number of hydrogen-bond acceptors (Lipinski definition) is 3. The Bertz CT molecular complexity index is 352. The zero-order valence-electron chi connectivity index (χ0n) is 10.5. The highest BCUT2D eigenvalue weighted by Gasteiger charge is 2.40. The van der Waals surface area contributed by atoms with Crippen molar-refractivity contribution < 1.29 is 14.6 Å². The number of aliphatic hydroxyl groups excluding tert-OH is 1. The van der Waals surface area contributed by atoms with Crippen LogP contribution in [0.3, 0.4) is 0 Å². The highest BCUT2D eigenvalue weighted by atomic mass is 16.5. The van der Waals surface area contributed by atoms with Crippen LogP contribution in [0.25, 0.3) is 0 Å². The van der Waals surface area contributed by atoms with Crippen molar-refractivity contribution in [2.24, 2.45) is 0 Å². The van der Waals surface area contributed by atoms with Crippen LogP contribution in [0.5, 0.6) is 0 Å². The molecule has 94 valence electrons. The van der Waals surface area contributed by atoms with Crippen molar-refractivity contribution in [1.82, 2.24) is 0 Å². The third-order valence-corrected chi connectivity index (χ3v) is 3.64. The van der Waals surface area contributed by atoms with Crippen LogP contribution in [0.2, 0.25) is 0 Å². The van der Waals surface area contributed by atoms with Gasteiger partial charge in [-0.05, 0) is 12.5 Å². The first-order valence-electron chi connectivity index (χ1n) is 6.05. The van der Waals surface area contributed by atoms with Crippen molar-refractivity contribution in [1.29, 1.82) is 0 Å². The zero-order chi connectivity index (χ0) is 12.3. The summed E-state index contributed by atoms with van der Waals surface area (Å²) in [7, 11) is 1.67. The fourth-order valence-corrected chi connectivity index (χ4v) is 2.36. The molecule has 0 spiro atoms. The van der Waals surface area contributed by atoms with Gasteiger partial charge >= 0.3 is 0 Å². The van der Waals surface area contributed by atoms with E-state index in [1.807, 2.05) is 31.2 Å². The molecule has 1 heterocycles. The van der Waals surface area contributed by atoms with Gasteiger partial charge in [0.25, 0.3) is 0 Å². The predicted octanol–water partition coefficient (Wildman–Crippen LogP) is 2.22. The number of methoxy groups -OCH3 is 1. The molecule has 0 aliphatic carbocycles. The van der Waals surface area contributed by atoms with Crippen LogP contribution in [-0.2, 0) is 9.47 Å². The van der Waals surface area contributed by atoms with Gasteiger partial charge in [-0.15, -0.1) is 0 Å². The molecule has 0 aromatic heterocycles. The van der Waals surface area contributed by atoms with E-state index < -0.39 is 11.7 Å². The van der Waals surface area contributed by atoms with Crippen LogP contribution in [0, 0.1) is 6.92 Å². The molecule has 1 N–H and O–H groups in total.